The van der Waals surface area contributed by atoms with Crippen molar-refractivity contribution in [3.05, 3.63) is 64.4 Å². The van der Waals surface area contributed by atoms with E-state index in [9.17, 15) is 4.79 Å². The Kier molecular flexibility index (Phi) is 4.40. The van der Waals surface area contributed by atoms with Crippen LogP contribution in [0.3, 0.4) is 0 Å². The molecule has 6 nitrogen and oxygen atoms in total. The largest absolute Gasteiger partial charge is 0.343 e. The second-order valence-electron chi connectivity index (χ2n) is 6.78. The van der Waals surface area contributed by atoms with Crippen molar-refractivity contribution in [2.75, 3.05) is 6.61 Å². The third-order valence-corrected chi connectivity index (χ3v) is 5.76. The summed E-state index contributed by atoms with van der Waals surface area (Å²) in [6.07, 6.45) is -0.737. The Morgan fingerprint density at radius 1 is 1.11 bits per heavy atom. The van der Waals surface area contributed by atoms with Crippen LogP contribution >= 0.6 is 23.8 Å². The Morgan fingerprint density at radius 3 is 2.64 bits per heavy atom. The Morgan fingerprint density at radius 2 is 1.86 bits per heavy atom. The summed E-state index contributed by atoms with van der Waals surface area (Å²) >= 11 is 12.2. The molecule has 2 aliphatic heterocycles. The summed E-state index contributed by atoms with van der Waals surface area (Å²) in [7, 11) is 0. The summed E-state index contributed by atoms with van der Waals surface area (Å²) in [5.41, 5.74) is 1.64. The third-order valence-electron chi connectivity index (χ3n) is 5.06. The molecule has 0 spiro atoms. The van der Waals surface area contributed by atoms with Crippen molar-refractivity contribution in [3.63, 3.8) is 0 Å². The summed E-state index contributed by atoms with van der Waals surface area (Å²) in [5.74, 6) is 0.532. The normalized spacial score (nSPS) is 23.9. The molecule has 2 aromatic carbocycles. The number of halogens is 1. The first-order chi connectivity index (χ1) is 13.6. The van der Waals surface area contributed by atoms with Crippen LogP contribution in [0, 0.1) is 4.77 Å². The van der Waals surface area contributed by atoms with Gasteiger partial charge in [0.1, 0.15) is 6.10 Å². The predicted molar refractivity (Wildman–Crippen MR) is 106 cm³/mol. The number of rotatable bonds is 3. The summed E-state index contributed by atoms with van der Waals surface area (Å²) in [6, 6.07) is 16.9. The first kappa shape index (κ1) is 17.8. The van der Waals surface area contributed by atoms with E-state index in [4.69, 9.17) is 38.4 Å². The molecule has 0 saturated carbocycles. The highest BCUT2D eigenvalue weighted by molar-refractivity contribution is 7.71. The highest BCUT2D eigenvalue weighted by Gasteiger charge is 2.45. The van der Waals surface area contributed by atoms with Crippen LogP contribution in [0.5, 0.6) is 0 Å². The zero-order valence-electron chi connectivity index (χ0n) is 14.7. The molecule has 2 bridgehead atoms. The Balaban J connectivity index is 1.71. The fourth-order valence-electron chi connectivity index (χ4n) is 3.69. The van der Waals surface area contributed by atoms with Gasteiger partial charge in [0, 0.05) is 17.7 Å². The second kappa shape index (κ2) is 6.93. The predicted octanol–water partition coefficient (Wildman–Crippen LogP) is 3.98. The topological polar surface area (TPSA) is 58.3 Å². The van der Waals surface area contributed by atoms with Crippen LogP contribution in [-0.2, 0) is 14.3 Å². The van der Waals surface area contributed by atoms with Crippen molar-refractivity contribution in [2.45, 2.75) is 24.9 Å². The van der Waals surface area contributed by atoms with Gasteiger partial charge in [0.05, 0.1) is 17.7 Å². The molecular formula is C20H16ClN3O3S. The van der Waals surface area contributed by atoms with E-state index >= 15 is 0 Å². The van der Waals surface area contributed by atoms with Gasteiger partial charge in [-0.3, -0.25) is 9.36 Å². The Bertz CT molecular complexity index is 1110. The molecule has 5 rings (SSSR count). The van der Waals surface area contributed by atoms with Crippen LogP contribution in [0.1, 0.15) is 12.5 Å². The van der Waals surface area contributed by atoms with E-state index in [1.165, 1.54) is 0 Å². The minimum absolute atomic E-state index is 0.0887. The molecule has 3 unspecified atom stereocenters. The van der Waals surface area contributed by atoms with Gasteiger partial charge in [0.15, 0.2) is 11.6 Å². The number of ether oxygens (including phenoxy) is 2. The van der Waals surface area contributed by atoms with E-state index in [1.807, 2.05) is 59.2 Å². The molecule has 3 heterocycles. The number of nitrogens with zero attached hydrogens (tertiary/aromatic N) is 3. The first-order valence-electron chi connectivity index (χ1n) is 8.95. The maximum absolute atomic E-state index is 12.3. The lowest BCUT2D eigenvalue weighted by molar-refractivity contribution is -0.156. The smallest absolute Gasteiger partial charge is 0.218 e. The van der Waals surface area contributed by atoms with Crippen LogP contribution in [0.4, 0.5) is 0 Å². The number of carbonyl (C=O) groups is 1. The maximum atomic E-state index is 12.3. The van der Waals surface area contributed by atoms with E-state index in [2.05, 4.69) is 0 Å². The molecule has 142 valence electrons. The standard InChI is InChI=1S/C20H16ClN3O3S/c21-14-9-5-4-8-13(14)18-22-24(15-10-16(25)19-26-11-17(15)27-19)20(28)23(18)12-6-2-1-3-7-12/h1-9,15,17,19H,10-11H2. The number of ketones is 1. The molecule has 0 N–H and O–H groups in total. The molecule has 0 aliphatic carbocycles. The number of fused-ring (bicyclic) bond motifs is 2. The molecule has 3 aromatic rings. The minimum Gasteiger partial charge on any atom is -0.343 e. The van der Waals surface area contributed by atoms with Gasteiger partial charge < -0.3 is 9.47 Å². The fourth-order valence-corrected chi connectivity index (χ4v) is 4.28. The van der Waals surface area contributed by atoms with Gasteiger partial charge in [-0.25, -0.2) is 4.68 Å². The molecule has 28 heavy (non-hydrogen) atoms. The quantitative estimate of drug-likeness (QED) is 0.608. The number of aromatic nitrogens is 3. The fraction of sp³-hybridized carbons (Fsp3) is 0.250. The molecule has 0 radical (unpaired) electrons. The lowest BCUT2D eigenvalue weighted by Crippen LogP contribution is -2.37. The van der Waals surface area contributed by atoms with Crippen LogP contribution in [0.15, 0.2) is 54.6 Å². The molecule has 3 atom stereocenters. The van der Waals surface area contributed by atoms with Gasteiger partial charge in [-0.1, -0.05) is 41.9 Å². The first-order valence-corrected chi connectivity index (χ1v) is 9.74. The van der Waals surface area contributed by atoms with E-state index in [0.29, 0.717) is 22.2 Å². The zero-order valence-corrected chi connectivity index (χ0v) is 16.3. The monoisotopic (exact) mass is 413 g/mol. The molecule has 2 fully saturated rings. The molecule has 1 aromatic heterocycles. The van der Waals surface area contributed by atoms with E-state index < -0.39 is 6.29 Å². The van der Waals surface area contributed by atoms with Crippen molar-refractivity contribution in [1.29, 1.82) is 0 Å². The Hall–Kier alpha value is -2.32. The number of Topliss-reactive ketones (excluding diaryl/α,β-unsaturated/α-hetero) is 1. The van der Waals surface area contributed by atoms with Crippen molar-refractivity contribution < 1.29 is 14.3 Å². The average Bonchev–Trinajstić information content (AvgIpc) is 3.29. The summed E-state index contributed by atoms with van der Waals surface area (Å²) in [5, 5.41) is 5.37. The lowest BCUT2D eigenvalue weighted by Gasteiger charge is -2.26. The number of carbonyl (C=O) groups excluding carboxylic acids is 1. The number of hydrogen-bond acceptors (Lipinski definition) is 5. The highest BCUT2D eigenvalue weighted by Crippen LogP contribution is 2.35. The van der Waals surface area contributed by atoms with Crippen LogP contribution in [0.2, 0.25) is 5.02 Å². The van der Waals surface area contributed by atoms with Crippen molar-refractivity contribution >= 4 is 29.6 Å². The summed E-state index contributed by atoms with van der Waals surface area (Å²) < 4.78 is 15.2. The van der Waals surface area contributed by atoms with Gasteiger partial charge in [0.25, 0.3) is 0 Å². The highest BCUT2D eigenvalue weighted by atomic mass is 35.5. The Labute approximate surface area is 171 Å². The lowest BCUT2D eigenvalue weighted by atomic mass is 10.0. The van der Waals surface area contributed by atoms with E-state index in [0.717, 1.165) is 11.3 Å². The number of benzene rings is 2. The van der Waals surface area contributed by atoms with Crippen molar-refractivity contribution in [2.24, 2.45) is 0 Å². The summed E-state index contributed by atoms with van der Waals surface area (Å²) in [4.78, 5) is 12.3. The van der Waals surface area contributed by atoms with E-state index in [1.54, 1.807) is 4.68 Å². The van der Waals surface area contributed by atoms with Crippen molar-refractivity contribution in [3.8, 4) is 17.1 Å². The van der Waals surface area contributed by atoms with Gasteiger partial charge in [0.2, 0.25) is 11.1 Å². The number of hydrogen-bond donors (Lipinski definition) is 0. The minimum atomic E-state index is -0.755. The molecule has 8 heteroatoms. The van der Waals surface area contributed by atoms with Gasteiger partial charge in [-0.05, 0) is 36.5 Å². The van der Waals surface area contributed by atoms with E-state index in [-0.39, 0.29) is 24.3 Å². The molecule has 0 amide bonds. The second-order valence-corrected chi connectivity index (χ2v) is 7.55. The zero-order chi connectivity index (χ0) is 19.3. The van der Waals surface area contributed by atoms with Gasteiger partial charge >= 0.3 is 0 Å². The van der Waals surface area contributed by atoms with Gasteiger partial charge in [-0.15, -0.1) is 0 Å². The molecular weight excluding hydrogens is 398 g/mol. The van der Waals surface area contributed by atoms with Crippen LogP contribution < -0.4 is 0 Å². The van der Waals surface area contributed by atoms with Crippen LogP contribution in [0.25, 0.3) is 17.1 Å². The SMILES string of the molecule is O=C1CC(n2nc(-c3ccccc3Cl)n(-c3ccccc3)c2=S)C2COC1O2. The maximum Gasteiger partial charge on any atom is 0.218 e. The number of para-hydroxylation sites is 1. The third kappa shape index (κ3) is 2.82. The summed E-state index contributed by atoms with van der Waals surface area (Å²) in [6.45, 7) is 0.350. The van der Waals surface area contributed by atoms with Crippen molar-refractivity contribution in [1.82, 2.24) is 14.3 Å². The average molecular weight is 414 g/mol. The van der Waals surface area contributed by atoms with Gasteiger partial charge in [-0.2, -0.15) is 5.10 Å². The molecule has 2 aliphatic rings. The molecule has 2 saturated heterocycles. The van der Waals surface area contributed by atoms with Crippen LogP contribution in [-0.4, -0.2) is 39.1 Å².